The van der Waals surface area contributed by atoms with Gasteiger partial charge < -0.3 is 19.7 Å². The van der Waals surface area contributed by atoms with E-state index in [-0.39, 0.29) is 11.8 Å². The maximum Gasteiger partial charge on any atom is 0.230 e. The van der Waals surface area contributed by atoms with Crippen LogP contribution in [0, 0.1) is 0 Å². The maximum absolute atomic E-state index is 5.81. The smallest absolute Gasteiger partial charge is 0.230 e. The molecule has 2 aromatic rings. The van der Waals surface area contributed by atoms with Gasteiger partial charge in [-0.15, -0.1) is 0 Å². The van der Waals surface area contributed by atoms with Crippen molar-refractivity contribution < 1.29 is 14.0 Å². The highest BCUT2D eigenvalue weighted by Gasteiger charge is 2.22. The van der Waals surface area contributed by atoms with Crippen molar-refractivity contribution in [2.45, 2.75) is 19.8 Å². The van der Waals surface area contributed by atoms with Crippen LogP contribution in [0.1, 0.15) is 25.3 Å². The van der Waals surface area contributed by atoms with Gasteiger partial charge in [0.05, 0.1) is 26.0 Å². The molecule has 0 spiro atoms. The Balaban J connectivity index is 2.77. The number of hydrogen-bond donors (Lipinski definition) is 1. The zero-order valence-electron chi connectivity index (χ0n) is 11.9. The van der Waals surface area contributed by atoms with E-state index < -0.39 is 0 Å². The van der Waals surface area contributed by atoms with Gasteiger partial charge in [-0.25, -0.2) is 0 Å². The van der Waals surface area contributed by atoms with E-state index in [0.717, 1.165) is 21.3 Å². The zero-order chi connectivity index (χ0) is 14.9. The average Bonchev–Trinajstić information content (AvgIpc) is 2.83. The lowest BCUT2D eigenvalue weighted by atomic mass is 9.96. The monoisotopic (exact) mass is 340 g/mol. The van der Waals surface area contributed by atoms with Crippen molar-refractivity contribution in [2.24, 2.45) is 0 Å². The number of nitrogens with two attached hydrogens (primary N) is 1. The van der Waals surface area contributed by atoms with Gasteiger partial charge in [-0.1, -0.05) is 19.0 Å². The van der Waals surface area contributed by atoms with Crippen molar-refractivity contribution in [1.82, 2.24) is 5.16 Å². The van der Waals surface area contributed by atoms with Crippen molar-refractivity contribution in [3.05, 3.63) is 22.3 Å². The minimum Gasteiger partial charge on any atom is -0.495 e. The molecule has 108 valence electrons. The summed E-state index contributed by atoms with van der Waals surface area (Å²) in [7, 11) is 3.24. The van der Waals surface area contributed by atoms with E-state index in [0.29, 0.717) is 11.3 Å². The second kappa shape index (κ2) is 5.75. The molecule has 1 aromatic carbocycles. The standard InChI is InChI=1S/C14H17BrN2O3/c1-7(2)8-5-9(10-6-17-20-14(10)16)13(19-4)11(15)12(8)18-3/h5-7H,16H2,1-4H3. The maximum atomic E-state index is 5.81. The lowest BCUT2D eigenvalue weighted by Gasteiger charge is -2.19. The number of benzene rings is 1. The third-order valence-electron chi connectivity index (χ3n) is 3.12. The second-order valence-electron chi connectivity index (χ2n) is 4.65. The van der Waals surface area contributed by atoms with Crippen molar-refractivity contribution in [3.8, 4) is 22.6 Å². The molecular weight excluding hydrogens is 324 g/mol. The molecule has 0 bridgehead atoms. The average molecular weight is 341 g/mol. The van der Waals surface area contributed by atoms with Crippen LogP contribution in [0.5, 0.6) is 11.5 Å². The van der Waals surface area contributed by atoms with Crippen molar-refractivity contribution in [3.63, 3.8) is 0 Å². The van der Waals surface area contributed by atoms with Crippen LogP contribution in [-0.2, 0) is 0 Å². The van der Waals surface area contributed by atoms with Crippen LogP contribution in [0.25, 0.3) is 11.1 Å². The first-order valence-corrected chi connectivity index (χ1v) is 6.95. The molecule has 1 aromatic heterocycles. The molecule has 0 amide bonds. The molecule has 2 N–H and O–H groups in total. The van der Waals surface area contributed by atoms with E-state index in [1.165, 1.54) is 0 Å². The molecule has 0 aliphatic rings. The molecule has 6 heteroatoms. The Kier molecular flexibility index (Phi) is 4.23. The van der Waals surface area contributed by atoms with E-state index in [1.54, 1.807) is 20.4 Å². The fourth-order valence-corrected chi connectivity index (χ4v) is 2.89. The summed E-state index contributed by atoms with van der Waals surface area (Å²) in [6.07, 6.45) is 1.58. The van der Waals surface area contributed by atoms with E-state index in [4.69, 9.17) is 19.7 Å². The van der Waals surface area contributed by atoms with Gasteiger partial charge in [-0.05, 0) is 33.5 Å². The molecule has 0 atom stereocenters. The Labute approximate surface area is 126 Å². The van der Waals surface area contributed by atoms with Crippen LogP contribution in [0.4, 0.5) is 5.88 Å². The topological polar surface area (TPSA) is 70.5 Å². The fourth-order valence-electron chi connectivity index (χ4n) is 2.12. The molecule has 0 radical (unpaired) electrons. The molecule has 0 saturated heterocycles. The van der Waals surface area contributed by atoms with Crippen molar-refractivity contribution in [2.75, 3.05) is 20.0 Å². The quantitative estimate of drug-likeness (QED) is 0.915. The molecule has 0 saturated carbocycles. The van der Waals surface area contributed by atoms with Crippen LogP contribution in [0.2, 0.25) is 0 Å². The first-order chi connectivity index (χ1) is 9.51. The predicted octanol–water partition coefficient (Wildman–Crippen LogP) is 3.83. The molecule has 1 heterocycles. The minimum absolute atomic E-state index is 0.259. The van der Waals surface area contributed by atoms with E-state index in [1.807, 2.05) is 6.07 Å². The summed E-state index contributed by atoms with van der Waals surface area (Å²) < 4.78 is 16.7. The summed E-state index contributed by atoms with van der Waals surface area (Å²) in [4.78, 5) is 0. The summed E-state index contributed by atoms with van der Waals surface area (Å²) in [5.74, 6) is 1.94. The third-order valence-corrected chi connectivity index (χ3v) is 3.84. The first kappa shape index (κ1) is 14.7. The minimum atomic E-state index is 0.259. The van der Waals surface area contributed by atoms with Crippen LogP contribution in [-0.4, -0.2) is 19.4 Å². The van der Waals surface area contributed by atoms with Crippen LogP contribution in [0.15, 0.2) is 21.3 Å². The van der Waals surface area contributed by atoms with Crippen LogP contribution >= 0.6 is 15.9 Å². The van der Waals surface area contributed by atoms with E-state index in [9.17, 15) is 0 Å². The normalized spacial score (nSPS) is 10.9. The Bertz CT molecular complexity index is 623. The lowest BCUT2D eigenvalue weighted by molar-refractivity contribution is 0.386. The van der Waals surface area contributed by atoms with Crippen LogP contribution < -0.4 is 15.2 Å². The highest BCUT2D eigenvalue weighted by molar-refractivity contribution is 9.10. The van der Waals surface area contributed by atoms with Gasteiger partial charge in [0.2, 0.25) is 5.88 Å². The molecule has 0 aliphatic heterocycles. The largest absolute Gasteiger partial charge is 0.495 e. The summed E-state index contributed by atoms with van der Waals surface area (Å²) >= 11 is 3.54. The van der Waals surface area contributed by atoms with Crippen molar-refractivity contribution >= 4 is 21.8 Å². The summed E-state index contributed by atoms with van der Waals surface area (Å²) in [5.41, 5.74) is 8.39. The number of halogens is 1. The SMILES string of the molecule is COc1c(-c2cnoc2N)cc(C(C)C)c(OC)c1Br. The molecule has 0 fully saturated rings. The number of nitrogen functional groups attached to an aromatic ring is 1. The number of ether oxygens (including phenoxy) is 2. The molecule has 20 heavy (non-hydrogen) atoms. The van der Waals surface area contributed by atoms with Gasteiger partial charge in [0.25, 0.3) is 0 Å². The van der Waals surface area contributed by atoms with Gasteiger partial charge >= 0.3 is 0 Å². The summed E-state index contributed by atoms with van der Waals surface area (Å²) in [5, 5.41) is 3.72. The molecule has 0 aliphatic carbocycles. The lowest BCUT2D eigenvalue weighted by Crippen LogP contribution is -2.00. The first-order valence-electron chi connectivity index (χ1n) is 6.16. The summed E-state index contributed by atoms with van der Waals surface area (Å²) in [6, 6.07) is 2.00. The number of aromatic nitrogens is 1. The Morgan fingerprint density at radius 1 is 1.20 bits per heavy atom. The van der Waals surface area contributed by atoms with Gasteiger partial charge in [0.1, 0.15) is 16.0 Å². The second-order valence-corrected chi connectivity index (χ2v) is 5.45. The molecule has 0 unspecified atom stereocenters. The summed E-state index contributed by atoms with van der Waals surface area (Å²) in [6.45, 7) is 4.19. The van der Waals surface area contributed by atoms with Gasteiger partial charge in [0.15, 0.2) is 0 Å². The highest BCUT2D eigenvalue weighted by Crippen LogP contribution is 2.47. The molecule has 5 nitrogen and oxygen atoms in total. The third kappa shape index (κ3) is 2.35. The zero-order valence-corrected chi connectivity index (χ0v) is 13.4. The Hall–Kier alpha value is -1.69. The molecular formula is C14H17BrN2O3. The molecule has 2 rings (SSSR count). The van der Waals surface area contributed by atoms with Gasteiger partial charge in [0, 0.05) is 5.56 Å². The number of rotatable bonds is 4. The Morgan fingerprint density at radius 2 is 1.85 bits per heavy atom. The number of methoxy groups -OCH3 is 2. The number of anilines is 1. The Morgan fingerprint density at radius 3 is 2.30 bits per heavy atom. The predicted molar refractivity (Wildman–Crippen MR) is 81.2 cm³/mol. The van der Waals surface area contributed by atoms with Crippen molar-refractivity contribution in [1.29, 1.82) is 0 Å². The number of hydrogen-bond acceptors (Lipinski definition) is 5. The van der Waals surface area contributed by atoms with Gasteiger partial charge in [-0.3, -0.25) is 0 Å². The van der Waals surface area contributed by atoms with E-state index >= 15 is 0 Å². The van der Waals surface area contributed by atoms with Crippen LogP contribution in [0.3, 0.4) is 0 Å². The number of nitrogens with zero attached hydrogens (tertiary/aromatic N) is 1. The van der Waals surface area contributed by atoms with Gasteiger partial charge in [-0.2, -0.15) is 0 Å². The fraction of sp³-hybridized carbons (Fsp3) is 0.357. The highest BCUT2D eigenvalue weighted by atomic mass is 79.9. The van der Waals surface area contributed by atoms with E-state index in [2.05, 4.69) is 34.9 Å².